The first-order valence-electron chi connectivity index (χ1n) is 4.69. The van der Waals surface area contributed by atoms with E-state index in [9.17, 15) is 0 Å². The molecule has 0 nitrogen and oxygen atoms in total. The molecule has 0 aliphatic heterocycles. The Kier molecular flexibility index (Phi) is 4.51. The third kappa shape index (κ3) is 3.14. The summed E-state index contributed by atoms with van der Waals surface area (Å²) in [6, 6.07) is 0. The zero-order valence-electron chi connectivity index (χ0n) is 7.69. The molecule has 1 rings (SSSR count). The third-order valence-corrected chi connectivity index (χ3v) is 3.39. The van der Waals surface area contributed by atoms with Crippen LogP contribution in [0.1, 0.15) is 39.0 Å². The molecule has 0 saturated carbocycles. The molecule has 0 amide bonds. The van der Waals surface area contributed by atoms with Crippen LogP contribution in [0.2, 0.25) is 0 Å². The van der Waals surface area contributed by atoms with Crippen molar-refractivity contribution in [1.29, 1.82) is 0 Å². The van der Waals surface area contributed by atoms with E-state index in [-0.39, 0.29) is 0 Å². The molecule has 0 bridgehead atoms. The van der Waals surface area contributed by atoms with Crippen molar-refractivity contribution < 1.29 is 0 Å². The molecule has 11 heavy (non-hydrogen) atoms. The topological polar surface area (TPSA) is 0 Å². The van der Waals surface area contributed by atoms with Gasteiger partial charge in [-0.3, -0.25) is 0 Å². The second-order valence-electron chi connectivity index (χ2n) is 3.37. The Morgan fingerprint density at radius 3 is 2.82 bits per heavy atom. The van der Waals surface area contributed by atoms with E-state index in [1.165, 1.54) is 60.0 Å². The van der Waals surface area contributed by atoms with Crippen LogP contribution in [0.25, 0.3) is 0 Å². The first kappa shape index (κ1) is 9.57. The molecular weight excluding hydrogens is 143 g/mol. The second kappa shape index (κ2) is 5.18. The molecule has 0 aromatic carbocycles. The van der Waals surface area contributed by atoms with E-state index in [0.29, 0.717) is 0 Å². The van der Waals surface area contributed by atoms with Gasteiger partial charge in [0.25, 0.3) is 0 Å². The van der Waals surface area contributed by atoms with Gasteiger partial charge in [0.1, 0.15) is 0 Å². The fraction of sp³-hybridized carbons (Fsp3) is 0.600. The molecule has 0 atom stereocenters. The van der Waals surface area contributed by atoms with Crippen LogP contribution in [0.3, 0.4) is 0 Å². The van der Waals surface area contributed by atoms with Gasteiger partial charge in [-0.25, -0.2) is 0 Å². The zero-order chi connectivity index (χ0) is 8.10. The summed E-state index contributed by atoms with van der Waals surface area (Å²) in [6.45, 7) is 2.26. The Hall–Kier alpha value is 0.480. The second-order valence-corrected chi connectivity index (χ2v) is 4.58. The summed E-state index contributed by atoms with van der Waals surface area (Å²) in [5, 5.41) is 0. The summed E-state index contributed by atoms with van der Waals surface area (Å²) in [7, 11) is 0. The van der Waals surface area contributed by atoms with Crippen LogP contribution in [0.15, 0.2) is 20.5 Å². The Balaban J connectivity index is 2.25. The van der Waals surface area contributed by atoms with E-state index >= 15 is 0 Å². The molecular formula is C10H15Na. The molecule has 0 aromatic rings. The predicted molar refractivity (Wildman–Crippen MR) is 50.7 cm³/mol. The maximum absolute atomic E-state index is 2.33. The van der Waals surface area contributed by atoms with E-state index in [2.05, 4.69) is 19.1 Å². The number of allylic oxidation sites excluding steroid dienone is 4. The summed E-state index contributed by atoms with van der Waals surface area (Å²) >= 11 is 1.27. The van der Waals surface area contributed by atoms with Gasteiger partial charge in [0.05, 0.1) is 0 Å². The van der Waals surface area contributed by atoms with Crippen molar-refractivity contribution in [3.8, 4) is 0 Å². The van der Waals surface area contributed by atoms with Crippen molar-refractivity contribution >= 4 is 27.9 Å². The van der Waals surface area contributed by atoms with Crippen LogP contribution in [-0.4, -0.2) is 27.9 Å². The first-order chi connectivity index (χ1) is 5.34. The molecule has 0 saturated heterocycles. The van der Waals surface area contributed by atoms with Crippen LogP contribution in [0.4, 0.5) is 0 Å². The maximum atomic E-state index is 2.33. The van der Waals surface area contributed by atoms with E-state index in [4.69, 9.17) is 0 Å². The van der Waals surface area contributed by atoms with Gasteiger partial charge in [-0.05, 0) is 0 Å². The van der Waals surface area contributed by atoms with Gasteiger partial charge in [0.2, 0.25) is 0 Å². The SMILES string of the molecule is CCCCCC1=[C]([Na])CC=C1. The van der Waals surface area contributed by atoms with Crippen LogP contribution >= 0.6 is 0 Å². The Labute approximate surface area is 87.2 Å². The number of hydrogen-bond donors (Lipinski definition) is 0. The molecule has 0 fully saturated rings. The molecule has 56 valence electrons. The van der Waals surface area contributed by atoms with Crippen LogP contribution in [0.5, 0.6) is 0 Å². The standard InChI is InChI=1S/C10H15.Na/c1-2-3-4-7-10-8-5-6-9-10;/h5,8H,2-4,6-7H2,1H3;. The molecule has 0 unspecified atom stereocenters. The number of rotatable bonds is 4. The van der Waals surface area contributed by atoms with E-state index in [1.807, 2.05) is 0 Å². The van der Waals surface area contributed by atoms with Crippen molar-refractivity contribution in [1.82, 2.24) is 0 Å². The fourth-order valence-electron chi connectivity index (χ4n) is 1.51. The summed E-state index contributed by atoms with van der Waals surface area (Å²) in [6.07, 6.45) is 11.4. The summed E-state index contributed by atoms with van der Waals surface area (Å²) < 4.78 is 1.72. The monoisotopic (exact) mass is 158 g/mol. The van der Waals surface area contributed by atoms with E-state index < -0.39 is 0 Å². The molecule has 0 spiro atoms. The van der Waals surface area contributed by atoms with Gasteiger partial charge in [0, 0.05) is 0 Å². The quantitative estimate of drug-likeness (QED) is 0.436. The molecule has 1 aliphatic carbocycles. The molecule has 0 radical (unpaired) electrons. The average molecular weight is 158 g/mol. The predicted octanol–water partition coefficient (Wildman–Crippen LogP) is 2.95. The summed E-state index contributed by atoms with van der Waals surface area (Å²) in [5.41, 5.74) is 1.66. The van der Waals surface area contributed by atoms with Gasteiger partial charge in [-0.1, -0.05) is 0 Å². The van der Waals surface area contributed by atoms with Crippen LogP contribution in [-0.2, 0) is 0 Å². The molecule has 0 aromatic heterocycles. The minimum absolute atomic E-state index is 1.26. The van der Waals surface area contributed by atoms with Crippen molar-refractivity contribution in [3.05, 3.63) is 20.5 Å². The normalized spacial score (nSPS) is 16.6. The zero-order valence-corrected chi connectivity index (χ0v) is 9.69. The molecule has 1 aliphatic rings. The van der Waals surface area contributed by atoms with E-state index in [1.54, 1.807) is 8.40 Å². The first-order valence-corrected chi connectivity index (χ1v) is 5.69. The summed E-state index contributed by atoms with van der Waals surface area (Å²) in [4.78, 5) is 0. The van der Waals surface area contributed by atoms with E-state index in [0.717, 1.165) is 0 Å². The fourth-order valence-corrected chi connectivity index (χ4v) is 2.17. The Morgan fingerprint density at radius 2 is 2.27 bits per heavy atom. The molecule has 1 heteroatoms. The average Bonchev–Trinajstić information content (AvgIpc) is 2.37. The number of unbranched alkanes of at least 4 members (excludes halogenated alkanes) is 2. The number of hydrogen-bond acceptors (Lipinski definition) is 0. The van der Waals surface area contributed by atoms with Crippen LogP contribution in [0, 0.1) is 0 Å². The van der Waals surface area contributed by atoms with Gasteiger partial charge in [-0.15, -0.1) is 0 Å². The third-order valence-electron chi connectivity index (χ3n) is 2.34. The molecule has 0 heterocycles. The van der Waals surface area contributed by atoms with Crippen molar-refractivity contribution in [2.24, 2.45) is 0 Å². The van der Waals surface area contributed by atoms with Gasteiger partial charge >= 0.3 is 87.5 Å². The van der Waals surface area contributed by atoms with Crippen molar-refractivity contribution in [2.45, 2.75) is 39.0 Å². The molecule has 0 N–H and O–H groups in total. The van der Waals surface area contributed by atoms with Crippen molar-refractivity contribution in [3.63, 3.8) is 0 Å². The minimum atomic E-state index is 1.26. The Morgan fingerprint density at radius 1 is 1.45 bits per heavy atom. The van der Waals surface area contributed by atoms with Gasteiger partial charge in [-0.2, -0.15) is 0 Å². The summed E-state index contributed by atoms with van der Waals surface area (Å²) in [5.74, 6) is 0. The van der Waals surface area contributed by atoms with Crippen LogP contribution < -0.4 is 0 Å². The van der Waals surface area contributed by atoms with Crippen molar-refractivity contribution in [2.75, 3.05) is 0 Å². The van der Waals surface area contributed by atoms with Gasteiger partial charge in [0.15, 0.2) is 0 Å². The Bertz CT molecular complexity index is 177. The van der Waals surface area contributed by atoms with Gasteiger partial charge < -0.3 is 0 Å².